The second-order valence-electron chi connectivity index (χ2n) is 7.95. The van der Waals surface area contributed by atoms with E-state index in [1.807, 2.05) is 32.0 Å². The molecule has 1 aliphatic heterocycles. The second kappa shape index (κ2) is 7.29. The van der Waals surface area contributed by atoms with Crippen LogP contribution in [-0.4, -0.2) is 52.9 Å². The van der Waals surface area contributed by atoms with Crippen LogP contribution in [0.5, 0.6) is 0 Å². The molecule has 1 aliphatic rings. The summed E-state index contributed by atoms with van der Waals surface area (Å²) in [7, 11) is -3.12. The van der Waals surface area contributed by atoms with E-state index in [4.69, 9.17) is 4.42 Å². The number of nitrogens with zero attached hydrogens (tertiary/aromatic N) is 3. The molecule has 29 heavy (non-hydrogen) atoms. The Morgan fingerprint density at radius 1 is 1.34 bits per heavy atom. The fourth-order valence-corrected chi connectivity index (χ4v) is 5.56. The van der Waals surface area contributed by atoms with Gasteiger partial charge in [0.05, 0.1) is 17.8 Å². The molecule has 1 fully saturated rings. The van der Waals surface area contributed by atoms with Crippen molar-refractivity contribution in [2.45, 2.75) is 32.9 Å². The number of para-hydroxylation sites is 1. The Morgan fingerprint density at radius 3 is 2.79 bits per heavy atom. The number of carbonyl (C=O) groups is 1. The quantitative estimate of drug-likeness (QED) is 0.627. The summed E-state index contributed by atoms with van der Waals surface area (Å²) in [6.45, 7) is 4.17. The number of hydrogen-bond donors (Lipinski definition) is 0. The predicted molar refractivity (Wildman–Crippen MR) is 109 cm³/mol. The van der Waals surface area contributed by atoms with E-state index in [9.17, 15) is 18.0 Å². The van der Waals surface area contributed by atoms with E-state index in [1.54, 1.807) is 11.0 Å². The lowest BCUT2D eigenvalue weighted by Gasteiger charge is -2.30. The Kier molecular flexibility index (Phi) is 4.94. The molecule has 1 amide bonds. The molecule has 0 aliphatic carbocycles. The number of sulfone groups is 1. The minimum Gasteiger partial charge on any atom is -0.448 e. The number of amides is 1. The number of carbonyl (C=O) groups excluding carboxylic acids is 1. The molecule has 2 aromatic heterocycles. The lowest BCUT2D eigenvalue weighted by atomic mass is 10.1. The first-order chi connectivity index (χ1) is 13.7. The fourth-order valence-electron chi connectivity index (χ4n) is 3.83. The molecule has 0 unspecified atom stereocenters. The third kappa shape index (κ3) is 3.78. The molecule has 9 heteroatoms. The molecular weight excluding hydrogens is 394 g/mol. The van der Waals surface area contributed by atoms with Crippen LogP contribution in [-0.2, 0) is 21.2 Å². The highest BCUT2D eigenvalue weighted by Crippen LogP contribution is 2.24. The van der Waals surface area contributed by atoms with E-state index < -0.39 is 15.4 Å². The van der Waals surface area contributed by atoms with E-state index in [-0.39, 0.29) is 41.5 Å². The molecule has 154 valence electrons. The summed E-state index contributed by atoms with van der Waals surface area (Å²) < 4.78 is 30.6. The molecule has 0 saturated carbocycles. The van der Waals surface area contributed by atoms with Crippen molar-refractivity contribution in [2.75, 3.05) is 18.1 Å². The first-order valence-corrected chi connectivity index (χ1v) is 11.4. The van der Waals surface area contributed by atoms with Crippen molar-refractivity contribution < 1.29 is 17.6 Å². The lowest BCUT2D eigenvalue weighted by molar-refractivity contribution is -0.134. The van der Waals surface area contributed by atoms with Gasteiger partial charge in [0.15, 0.2) is 9.84 Å². The maximum absolute atomic E-state index is 13.0. The number of rotatable bonds is 5. The standard InChI is InChI=1S/C20H23N3O5S/c1-13(2)9-23(14-7-8-29(26,27)11-14)17(24)10-22-12-21-18-15-5-3-4-6-16(15)28-19(18)20(22)25/h3-6,12-14H,7-11H2,1-2H3/t14-/m1/s1. The molecule has 3 aromatic rings. The van der Waals surface area contributed by atoms with Crippen LogP contribution in [0.4, 0.5) is 0 Å². The Balaban J connectivity index is 1.65. The monoisotopic (exact) mass is 417 g/mol. The molecular formula is C20H23N3O5S. The van der Waals surface area contributed by atoms with Crippen molar-refractivity contribution in [1.29, 1.82) is 0 Å². The third-order valence-corrected chi connectivity index (χ3v) is 6.94. The molecule has 0 radical (unpaired) electrons. The van der Waals surface area contributed by atoms with Crippen molar-refractivity contribution in [2.24, 2.45) is 5.92 Å². The predicted octanol–water partition coefficient (Wildman–Crippen LogP) is 1.81. The van der Waals surface area contributed by atoms with Gasteiger partial charge in [-0.05, 0) is 24.5 Å². The number of hydrogen-bond acceptors (Lipinski definition) is 6. The molecule has 0 bridgehead atoms. The van der Waals surface area contributed by atoms with Gasteiger partial charge in [-0.1, -0.05) is 26.0 Å². The Morgan fingerprint density at radius 2 is 2.10 bits per heavy atom. The first kappa shape index (κ1) is 19.6. The topological polar surface area (TPSA) is 102 Å². The molecule has 1 saturated heterocycles. The average Bonchev–Trinajstić information content (AvgIpc) is 3.22. The molecule has 1 atom stereocenters. The van der Waals surface area contributed by atoms with Crippen LogP contribution in [0.3, 0.4) is 0 Å². The van der Waals surface area contributed by atoms with Gasteiger partial charge in [-0.15, -0.1) is 0 Å². The minimum absolute atomic E-state index is 0.0266. The highest BCUT2D eigenvalue weighted by molar-refractivity contribution is 7.91. The van der Waals surface area contributed by atoms with Crippen LogP contribution in [0.2, 0.25) is 0 Å². The zero-order valence-corrected chi connectivity index (χ0v) is 17.2. The lowest BCUT2D eigenvalue weighted by Crippen LogP contribution is -2.45. The summed E-state index contributed by atoms with van der Waals surface area (Å²) in [6, 6.07) is 6.89. The molecule has 3 heterocycles. The number of aromatic nitrogens is 2. The fraction of sp³-hybridized carbons (Fsp3) is 0.450. The van der Waals surface area contributed by atoms with Gasteiger partial charge in [0.2, 0.25) is 11.5 Å². The summed E-state index contributed by atoms with van der Waals surface area (Å²) in [5.74, 6) is -0.0529. The molecule has 4 rings (SSSR count). The largest absolute Gasteiger partial charge is 0.448 e. The third-order valence-electron chi connectivity index (χ3n) is 5.19. The Hall–Kier alpha value is -2.68. The zero-order valence-electron chi connectivity index (χ0n) is 16.4. The number of benzene rings is 1. The van der Waals surface area contributed by atoms with E-state index in [2.05, 4.69) is 4.98 Å². The van der Waals surface area contributed by atoms with Crippen LogP contribution >= 0.6 is 0 Å². The van der Waals surface area contributed by atoms with E-state index in [0.29, 0.717) is 24.1 Å². The summed E-state index contributed by atoms with van der Waals surface area (Å²) in [4.78, 5) is 31.8. The van der Waals surface area contributed by atoms with Gasteiger partial charge in [-0.3, -0.25) is 14.2 Å². The Bertz CT molecular complexity index is 1240. The maximum Gasteiger partial charge on any atom is 0.297 e. The van der Waals surface area contributed by atoms with Crippen molar-refractivity contribution in [1.82, 2.24) is 14.5 Å². The van der Waals surface area contributed by atoms with Crippen LogP contribution in [0.1, 0.15) is 20.3 Å². The summed E-state index contributed by atoms with van der Waals surface area (Å²) in [5.41, 5.74) is 0.715. The van der Waals surface area contributed by atoms with Crippen LogP contribution in [0.15, 0.2) is 39.8 Å². The van der Waals surface area contributed by atoms with Gasteiger partial charge < -0.3 is 9.32 Å². The average molecular weight is 417 g/mol. The highest BCUT2D eigenvalue weighted by Gasteiger charge is 2.35. The molecule has 0 N–H and O–H groups in total. The van der Waals surface area contributed by atoms with E-state index in [0.717, 1.165) is 5.39 Å². The van der Waals surface area contributed by atoms with E-state index in [1.165, 1.54) is 10.9 Å². The summed E-state index contributed by atoms with van der Waals surface area (Å²) in [6.07, 6.45) is 1.78. The van der Waals surface area contributed by atoms with Crippen molar-refractivity contribution in [3.8, 4) is 0 Å². The van der Waals surface area contributed by atoms with E-state index >= 15 is 0 Å². The minimum atomic E-state index is -3.12. The van der Waals surface area contributed by atoms with Crippen LogP contribution in [0, 0.1) is 5.92 Å². The number of fused-ring (bicyclic) bond motifs is 3. The van der Waals surface area contributed by atoms with Crippen molar-refractivity contribution >= 4 is 37.8 Å². The SMILES string of the molecule is CC(C)CN(C(=O)Cn1cnc2c(oc3ccccc32)c1=O)[C@@H]1CCS(=O)(=O)C1. The van der Waals surface area contributed by atoms with Crippen molar-refractivity contribution in [3.05, 3.63) is 40.9 Å². The zero-order chi connectivity index (χ0) is 20.8. The maximum atomic E-state index is 13.0. The molecule has 1 aromatic carbocycles. The van der Waals surface area contributed by atoms with Gasteiger partial charge in [0.1, 0.15) is 17.6 Å². The first-order valence-electron chi connectivity index (χ1n) is 9.62. The molecule has 0 spiro atoms. The van der Waals surface area contributed by atoms with Gasteiger partial charge in [0, 0.05) is 18.0 Å². The highest BCUT2D eigenvalue weighted by atomic mass is 32.2. The van der Waals surface area contributed by atoms with Crippen molar-refractivity contribution in [3.63, 3.8) is 0 Å². The van der Waals surface area contributed by atoms with Gasteiger partial charge in [-0.2, -0.15) is 0 Å². The molecule has 8 nitrogen and oxygen atoms in total. The van der Waals surface area contributed by atoms with Gasteiger partial charge in [0.25, 0.3) is 5.56 Å². The smallest absolute Gasteiger partial charge is 0.297 e. The van der Waals surface area contributed by atoms with Gasteiger partial charge in [-0.25, -0.2) is 13.4 Å². The summed E-state index contributed by atoms with van der Waals surface area (Å²) >= 11 is 0. The Labute approximate surface area is 168 Å². The van der Waals surface area contributed by atoms with Crippen LogP contribution < -0.4 is 5.56 Å². The summed E-state index contributed by atoms with van der Waals surface area (Å²) in [5, 5.41) is 0.746. The second-order valence-corrected chi connectivity index (χ2v) is 10.2. The normalized spacial score (nSPS) is 18.7. The van der Waals surface area contributed by atoms with Crippen LogP contribution in [0.25, 0.3) is 22.1 Å². The number of furan rings is 1. The van der Waals surface area contributed by atoms with Gasteiger partial charge >= 0.3 is 0 Å².